The number of phenols is 1. The summed E-state index contributed by atoms with van der Waals surface area (Å²) in [6, 6.07) is 13.8. The summed E-state index contributed by atoms with van der Waals surface area (Å²) in [4.78, 5) is 12.0. The molecule has 21 heavy (non-hydrogen) atoms. The van der Waals surface area contributed by atoms with Gasteiger partial charge in [-0.1, -0.05) is 30.3 Å². The van der Waals surface area contributed by atoms with Crippen molar-refractivity contribution in [3.8, 4) is 11.5 Å². The quantitative estimate of drug-likeness (QED) is 0.854. The monoisotopic (exact) mass is 286 g/mol. The van der Waals surface area contributed by atoms with Gasteiger partial charge in [-0.05, 0) is 31.5 Å². The van der Waals surface area contributed by atoms with Crippen molar-refractivity contribution in [1.82, 2.24) is 0 Å². The average molecular weight is 286 g/mol. The maximum Gasteiger partial charge on any atom is 0.338 e. The second-order valence-corrected chi connectivity index (χ2v) is 4.94. The third-order valence-corrected chi connectivity index (χ3v) is 2.71. The van der Waals surface area contributed by atoms with Gasteiger partial charge in [-0.15, -0.1) is 0 Å². The summed E-state index contributed by atoms with van der Waals surface area (Å²) >= 11 is 0. The third kappa shape index (κ3) is 4.53. The zero-order chi connectivity index (χ0) is 15.2. The summed E-state index contributed by atoms with van der Waals surface area (Å²) in [6.07, 6.45) is -0.0417. The Kier molecular flexibility index (Phi) is 4.82. The number of benzene rings is 2. The number of carbonyl (C=O) groups is 1. The number of phenolic OH excluding ortho intramolecular Hbond substituents is 1. The second-order valence-electron chi connectivity index (χ2n) is 4.94. The molecule has 110 valence electrons. The van der Waals surface area contributed by atoms with Crippen molar-refractivity contribution in [3.05, 3.63) is 59.7 Å². The Bertz CT molecular complexity index is 605. The molecule has 4 heteroatoms. The van der Waals surface area contributed by atoms with Crippen LogP contribution < -0.4 is 4.74 Å². The van der Waals surface area contributed by atoms with E-state index in [1.54, 1.807) is 6.07 Å². The van der Waals surface area contributed by atoms with Crippen LogP contribution in [0.25, 0.3) is 0 Å². The van der Waals surface area contributed by atoms with E-state index in [4.69, 9.17) is 9.47 Å². The topological polar surface area (TPSA) is 55.8 Å². The van der Waals surface area contributed by atoms with Crippen molar-refractivity contribution in [2.75, 3.05) is 0 Å². The van der Waals surface area contributed by atoms with Gasteiger partial charge < -0.3 is 14.6 Å². The fourth-order valence-corrected chi connectivity index (χ4v) is 1.85. The SMILES string of the molecule is CC(C)Oc1cc(O)cc(C(=O)OCc2ccccc2)c1. The Labute approximate surface area is 123 Å². The van der Waals surface area contributed by atoms with Gasteiger partial charge in [0.1, 0.15) is 18.1 Å². The molecule has 0 bridgehead atoms. The highest BCUT2D eigenvalue weighted by Gasteiger charge is 2.11. The summed E-state index contributed by atoms with van der Waals surface area (Å²) in [5.41, 5.74) is 1.17. The third-order valence-electron chi connectivity index (χ3n) is 2.71. The van der Waals surface area contributed by atoms with Gasteiger partial charge in [0.2, 0.25) is 0 Å². The molecule has 0 unspecified atom stereocenters. The number of ether oxygens (including phenoxy) is 2. The lowest BCUT2D eigenvalue weighted by molar-refractivity contribution is 0.0471. The van der Waals surface area contributed by atoms with E-state index >= 15 is 0 Å². The first-order chi connectivity index (χ1) is 10.0. The van der Waals surface area contributed by atoms with Crippen LogP contribution in [0, 0.1) is 0 Å². The van der Waals surface area contributed by atoms with Gasteiger partial charge >= 0.3 is 5.97 Å². The van der Waals surface area contributed by atoms with Crippen LogP contribution in [0.1, 0.15) is 29.8 Å². The minimum absolute atomic E-state index is 0.0280. The number of aromatic hydroxyl groups is 1. The van der Waals surface area contributed by atoms with Gasteiger partial charge in [-0.25, -0.2) is 4.79 Å². The van der Waals surface area contributed by atoms with Crippen LogP contribution in [0.5, 0.6) is 11.5 Å². The van der Waals surface area contributed by atoms with E-state index in [1.165, 1.54) is 12.1 Å². The number of rotatable bonds is 5. The molecule has 1 N–H and O–H groups in total. The molecular weight excluding hydrogens is 268 g/mol. The van der Waals surface area contributed by atoms with E-state index in [1.807, 2.05) is 44.2 Å². The van der Waals surface area contributed by atoms with Crippen LogP contribution in [-0.4, -0.2) is 17.2 Å². The van der Waals surface area contributed by atoms with E-state index in [2.05, 4.69) is 0 Å². The van der Waals surface area contributed by atoms with Crippen LogP contribution in [-0.2, 0) is 11.3 Å². The highest BCUT2D eigenvalue weighted by molar-refractivity contribution is 5.90. The first kappa shape index (κ1) is 14.9. The molecule has 0 aliphatic heterocycles. The molecule has 0 atom stereocenters. The van der Waals surface area contributed by atoms with Crippen LogP contribution in [0.3, 0.4) is 0 Å². The maximum absolute atomic E-state index is 12.0. The summed E-state index contributed by atoms with van der Waals surface area (Å²) in [7, 11) is 0. The van der Waals surface area contributed by atoms with Crippen molar-refractivity contribution >= 4 is 5.97 Å². The number of esters is 1. The first-order valence-corrected chi connectivity index (χ1v) is 6.76. The van der Waals surface area contributed by atoms with Gasteiger partial charge in [-0.2, -0.15) is 0 Å². The van der Waals surface area contributed by atoms with Gasteiger partial charge in [0.25, 0.3) is 0 Å². The Morgan fingerprint density at radius 2 is 1.86 bits per heavy atom. The predicted octanol–water partition coefficient (Wildman–Crippen LogP) is 3.54. The number of carbonyl (C=O) groups excluding carboxylic acids is 1. The average Bonchev–Trinajstić information content (AvgIpc) is 2.44. The van der Waals surface area contributed by atoms with E-state index in [0.29, 0.717) is 5.75 Å². The smallest absolute Gasteiger partial charge is 0.338 e. The van der Waals surface area contributed by atoms with Gasteiger partial charge in [0.05, 0.1) is 11.7 Å². The summed E-state index contributed by atoms with van der Waals surface area (Å²) in [5.74, 6) is -0.0835. The van der Waals surface area contributed by atoms with Crippen molar-refractivity contribution < 1.29 is 19.4 Å². The van der Waals surface area contributed by atoms with E-state index in [-0.39, 0.29) is 24.0 Å². The van der Waals surface area contributed by atoms with Crippen LogP contribution in [0.2, 0.25) is 0 Å². The molecular formula is C17H18O4. The molecule has 0 aliphatic carbocycles. The van der Waals surface area contributed by atoms with Crippen molar-refractivity contribution in [1.29, 1.82) is 0 Å². The van der Waals surface area contributed by atoms with Crippen LogP contribution >= 0.6 is 0 Å². The molecule has 0 spiro atoms. The fourth-order valence-electron chi connectivity index (χ4n) is 1.85. The van der Waals surface area contributed by atoms with E-state index in [9.17, 15) is 9.90 Å². The standard InChI is InChI=1S/C17H18O4/c1-12(2)21-16-9-14(8-15(18)10-16)17(19)20-11-13-6-4-3-5-7-13/h3-10,12,18H,11H2,1-2H3. The Balaban J connectivity index is 2.06. The fraction of sp³-hybridized carbons (Fsp3) is 0.235. The van der Waals surface area contributed by atoms with Crippen LogP contribution in [0.15, 0.2) is 48.5 Å². The lowest BCUT2D eigenvalue weighted by Crippen LogP contribution is -2.08. The minimum atomic E-state index is -0.497. The largest absolute Gasteiger partial charge is 0.508 e. The summed E-state index contributed by atoms with van der Waals surface area (Å²) < 4.78 is 10.7. The molecule has 0 saturated heterocycles. The molecule has 2 aromatic rings. The van der Waals surface area contributed by atoms with Crippen molar-refractivity contribution in [2.24, 2.45) is 0 Å². The zero-order valence-corrected chi connectivity index (χ0v) is 12.1. The van der Waals surface area contributed by atoms with E-state index in [0.717, 1.165) is 5.56 Å². The van der Waals surface area contributed by atoms with Crippen LogP contribution in [0.4, 0.5) is 0 Å². The van der Waals surface area contributed by atoms with Gasteiger partial charge in [0.15, 0.2) is 0 Å². The minimum Gasteiger partial charge on any atom is -0.508 e. The molecule has 2 rings (SSSR count). The summed E-state index contributed by atoms with van der Waals surface area (Å²) in [5, 5.41) is 9.65. The highest BCUT2D eigenvalue weighted by Crippen LogP contribution is 2.23. The van der Waals surface area contributed by atoms with E-state index < -0.39 is 5.97 Å². The molecule has 0 radical (unpaired) electrons. The lowest BCUT2D eigenvalue weighted by Gasteiger charge is -2.11. The first-order valence-electron chi connectivity index (χ1n) is 6.76. The highest BCUT2D eigenvalue weighted by atomic mass is 16.5. The molecule has 0 fully saturated rings. The molecule has 2 aromatic carbocycles. The van der Waals surface area contributed by atoms with Gasteiger partial charge in [-0.3, -0.25) is 0 Å². The molecule has 0 saturated carbocycles. The molecule has 0 amide bonds. The lowest BCUT2D eigenvalue weighted by atomic mass is 10.2. The second kappa shape index (κ2) is 6.79. The molecule has 0 heterocycles. The molecule has 4 nitrogen and oxygen atoms in total. The van der Waals surface area contributed by atoms with Crippen molar-refractivity contribution in [2.45, 2.75) is 26.6 Å². The normalized spacial score (nSPS) is 10.4. The molecule has 0 aliphatic rings. The Hall–Kier alpha value is -2.49. The predicted molar refractivity (Wildman–Crippen MR) is 79.4 cm³/mol. The van der Waals surface area contributed by atoms with Gasteiger partial charge in [0, 0.05) is 6.07 Å². The maximum atomic E-state index is 12.0. The summed E-state index contributed by atoms with van der Waals surface area (Å²) in [6.45, 7) is 3.94. The zero-order valence-electron chi connectivity index (χ0n) is 12.1. The Morgan fingerprint density at radius 1 is 1.14 bits per heavy atom. The number of hydrogen-bond donors (Lipinski definition) is 1. The van der Waals surface area contributed by atoms with Crippen molar-refractivity contribution in [3.63, 3.8) is 0 Å². The molecule has 0 aromatic heterocycles. The number of hydrogen-bond acceptors (Lipinski definition) is 4. The Morgan fingerprint density at radius 3 is 2.52 bits per heavy atom.